The third-order valence-corrected chi connectivity index (χ3v) is 7.35. The zero-order valence-corrected chi connectivity index (χ0v) is 18.1. The van der Waals surface area contributed by atoms with Crippen molar-refractivity contribution in [2.75, 3.05) is 19.3 Å². The van der Waals surface area contributed by atoms with Gasteiger partial charge >= 0.3 is 0 Å². The first-order chi connectivity index (χ1) is 13.0. The van der Waals surface area contributed by atoms with E-state index in [0.717, 1.165) is 11.8 Å². The summed E-state index contributed by atoms with van der Waals surface area (Å²) < 4.78 is 51.8. The Hall–Kier alpha value is -1.49. The number of nitrogens with zero attached hydrogens (tertiary/aromatic N) is 1. The highest BCUT2D eigenvalue weighted by Gasteiger charge is 2.30. The van der Waals surface area contributed by atoms with E-state index < -0.39 is 26.0 Å². The molecule has 158 valence electrons. The fourth-order valence-electron chi connectivity index (χ4n) is 3.26. The molecule has 0 spiro atoms. The van der Waals surface area contributed by atoms with Crippen LogP contribution in [0.25, 0.3) is 0 Å². The van der Waals surface area contributed by atoms with E-state index in [1.807, 2.05) is 0 Å². The maximum atomic E-state index is 12.5. The lowest BCUT2D eigenvalue weighted by atomic mass is 9.98. The Bertz CT molecular complexity index is 898. The first-order valence-electron chi connectivity index (χ1n) is 9.27. The molecule has 1 aliphatic rings. The van der Waals surface area contributed by atoms with Crippen LogP contribution in [0.1, 0.15) is 37.8 Å². The highest BCUT2D eigenvalue weighted by atomic mass is 32.2. The number of piperidine rings is 1. The first kappa shape index (κ1) is 22.8. The second kappa shape index (κ2) is 9.34. The Morgan fingerprint density at radius 3 is 2.43 bits per heavy atom. The average molecular weight is 432 g/mol. The number of carbonyl (C=O) groups is 1. The van der Waals surface area contributed by atoms with Gasteiger partial charge in [0.25, 0.3) is 0 Å². The number of hydrogen-bond acceptors (Lipinski definition) is 5. The first-order valence-corrected chi connectivity index (χ1v) is 12.8. The lowest BCUT2D eigenvalue weighted by Gasteiger charge is -2.30. The van der Waals surface area contributed by atoms with Crippen molar-refractivity contribution in [1.82, 2.24) is 14.3 Å². The van der Waals surface area contributed by atoms with Crippen LogP contribution >= 0.6 is 0 Å². The third-order valence-electron chi connectivity index (χ3n) is 4.56. The van der Waals surface area contributed by atoms with Gasteiger partial charge in [0.15, 0.2) is 0 Å². The van der Waals surface area contributed by atoms with Gasteiger partial charge in [-0.05, 0) is 37.8 Å². The van der Waals surface area contributed by atoms with Gasteiger partial charge in [0.2, 0.25) is 26.0 Å². The summed E-state index contributed by atoms with van der Waals surface area (Å²) in [6, 6.07) is 6.87. The van der Waals surface area contributed by atoms with Crippen molar-refractivity contribution < 1.29 is 21.6 Å². The summed E-state index contributed by atoms with van der Waals surface area (Å²) in [5, 5.41) is 2.83. The van der Waals surface area contributed by atoms with E-state index in [1.165, 1.54) is 4.31 Å². The summed E-state index contributed by atoms with van der Waals surface area (Å²) in [6.45, 7) is 4.33. The number of benzene rings is 1. The highest BCUT2D eigenvalue weighted by Crippen LogP contribution is 2.19. The van der Waals surface area contributed by atoms with E-state index >= 15 is 0 Å². The van der Waals surface area contributed by atoms with Crippen LogP contribution in [0.3, 0.4) is 0 Å². The minimum absolute atomic E-state index is 0.164. The van der Waals surface area contributed by atoms with E-state index in [2.05, 4.69) is 10.0 Å². The highest BCUT2D eigenvalue weighted by molar-refractivity contribution is 7.88. The Morgan fingerprint density at radius 1 is 1.18 bits per heavy atom. The fraction of sp³-hybridized carbons (Fsp3) is 0.611. The zero-order chi connectivity index (χ0) is 20.9. The van der Waals surface area contributed by atoms with Gasteiger partial charge in [-0.2, -0.15) is 0 Å². The molecule has 1 heterocycles. The van der Waals surface area contributed by atoms with E-state index in [4.69, 9.17) is 0 Å². The summed E-state index contributed by atoms with van der Waals surface area (Å²) in [5.74, 6) is -0.781. The molecular formula is C18H29N3O5S2. The number of nitrogens with one attached hydrogen (secondary N) is 2. The fourth-order valence-corrected chi connectivity index (χ4v) is 5.66. The molecule has 2 N–H and O–H groups in total. The number of carbonyl (C=O) groups excluding carboxylic acids is 1. The molecule has 1 amide bonds. The second-order valence-corrected chi connectivity index (χ2v) is 11.2. The molecule has 0 saturated carbocycles. The monoisotopic (exact) mass is 431 g/mol. The van der Waals surface area contributed by atoms with E-state index in [1.54, 1.807) is 38.1 Å². The Labute approximate surface area is 167 Å². The molecule has 1 aromatic carbocycles. The molecule has 0 radical (unpaired) electrons. The minimum Gasteiger partial charge on any atom is -0.352 e. The van der Waals surface area contributed by atoms with Crippen molar-refractivity contribution in [3.05, 3.63) is 35.4 Å². The molecule has 1 aliphatic heterocycles. The van der Waals surface area contributed by atoms with Gasteiger partial charge in [0.1, 0.15) is 0 Å². The average Bonchev–Trinajstić information content (AvgIpc) is 2.58. The predicted octanol–water partition coefficient (Wildman–Crippen LogP) is 0.802. The third kappa shape index (κ3) is 6.84. The maximum absolute atomic E-state index is 12.5. The molecular weight excluding hydrogens is 402 g/mol. The predicted molar refractivity (Wildman–Crippen MR) is 108 cm³/mol. The molecule has 0 bridgehead atoms. The topological polar surface area (TPSA) is 113 Å². The van der Waals surface area contributed by atoms with Crippen LogP contribution in [0, 0.1) is 5.92 Å². The summed E-state index contributed by atoms with van der Waals surface area (Å²) >= 11 is 0. The zero-order valence-electron chi connectivity index (χ0n) is 16.5. The second-order valence-electron chi connectivity index (χ2n) is 7.48. The molecule has 10 heteroatoms. The molecule has 2 rings (SSSR count). The molecule has 1 aromatic rings. The van der Waals surface area contributed by atoms with E-state index in [-0.39, 0.29) is 30.8 Å². The summed E-state index contributed by atoms with van der Waals surface area (Å²) in [7, 11) is -6.79. The largest absolute Gasteiger partial charge is 0.352 e. The lowest BCUT2D eigenvalue weighted by Crippen LogP contribution is -2.44. The summed E-state index contributed by atoms with van der Waals surface area (Å²) in [5.41, 5.74) is 1.35. The van der Waals surface area contributed by atoms with Crippen molar-refractivity contribution in [3.8, 4) is 0 Å². The smallest absolute Gasteiger partial charge is 0.224 e. The van der Waals surface area contributed by atoms with Gasteiger partial charge in [0.05, 0.1) is 17.9 Å². The molecule has 1 saturated heterocycles. The van der Waals surface area contributed by atoms with E-state index in [0.29, 0.717) is 24.9 Å². The number of rotatable bonds is 8. The Balaban J connectivity index is 2.02. The van der Waals surface area contributed by atoms with Crippen LogP contribution in [0.2, 0.25) is 0 Å². The van der Waals surface area contributed by atoms with Crippen molar-refractivity contribution in [1.29, 1.82) is 0 Å². The SMILES string of the molecule is CC(C)NS(=O)(=O)Cc1ccccc1CNC(=O)C1CCCN(S(C)(=O)=O)C1. The summed E-state index contributed by atoms with van der Waals surface area (Å²) in [4.78, 5) is 12.5. The van der Waals surface area contributed by atoms with Gasteiger partial charge in [-0.25, -0.2) is 25.9 Å². The summed E-state index contributed by atoms with van der Waals surface area (Å²) in [6.07, 6.45) is 2.42. The number of hydrogen-bond donors (Lipinski definition) is 2. The van der Waals surface area contributed by atoms with Crippen molar-refractivity contribution in [2.45, 2.75) is 45.0 Å². The molecule has 28 heavy (non-hydrogen) atoms. The Morgan fingerprint density at radius 2 is 1.82 bits per heavy atom. The number of amides is 1. The molecule has 1 fully saturated rings. The molecule has 0 aliphatic carbocycles. The standard InChI is InChI=1S/C18H29N3O5S2/c1-14(2)20-28(25,26)13-17-8-5-4-7-15(17)11-19-18(22)16-9-6-10-21(12-16)27(3,23)24/h4-5,7-8,14,16,20H,6,9-13H2,1-3H3,(H,19,22). The van der Waals surface area contributed by atoms with Crippen molar-refractivity contribution in [2.24, 2.45) is 5.92 Å². The number of sulfonamides is 2. The maximum Gasteiger partial charge on any atom is 0.224 e. The van der Waals surface area contributed by atoms with Crippen LogP contribution < -0.4 is 10.0 Å². The lowest BCUT2D eigenvalue weighted by molar-refractivity contribution is -0.126. The van der Waals surface area contributed by atoms with Crippen molar-refractivity contribution in [3.63, 3.8) is 0 Å². The Kier molecular flexibility index (Phi) is 7.60. The minimum atomic E-state index is -3.48. The van der Waals surface area contributed by atoms with Crippen LogP contribution in [-0.4, -0.2) is 52.4 Å². The van der Waals surface area contributed by atoms with Gasteiger partial charge in [-0.15, -0.1) is 0 Å². The quantitative estimate of drug-likeness (QED) is 0.632. The molecule has 8 nitrogen and oxygen atoms in total. The molecule has 1 unspecified atom stereocenters. The van der Waals surface area contributed by atoms with Crippen LogP contribution in [-0.2, 0) is 37.1 Å². The van der Waals surface area contributed by atoms with Crippen LogP contribution in [0.15, 0.2) is 24.3 Å². The normalized spacial score (nSPS) is 18.9. The van der Waals surface area contributed by atoms with Crippen molar-refractivity contribution >= 4 is 26.0 Å². The van der Waals surface area contributed by atoms with Gasteiger partial charge in [-0.1, -0.05) is 24.3 Å². The van der Waals surface area contributed by atoms with E-state index in [9.17, 15) is 21.6 Å². The van der Waals surface area contributed by atoms with Gasteiger partial charge < -0.3 is 5.32 Å². The van der Waals surface area contributed by atoms with Crippen LogP contribution in [0.5, 0.6) is 0 Å². The van der Waals surface area contributed by atoms with Crippen LogP contribution in [0.4, 0.5) is 0 Å². The van der Waals surface area contributed by atoms with Gasteiger partial charge in [0, 0.05) is 25.7 Å². The van der Waals surface area contributed by atoms with Gasteiger partial charge in [-0.3, -0.25) is 4.79 Å². The molecule has 1 atom stereocenters. The molecule has 0 aromatic heterocycles.